The zero-order chi connectivity index (χ0) is 16.6. The molecule has 0 saturated carbocycles. The van der Waals surface area contributed by atoms with Crippen molar-refractivity contribution in [1.29, 1.82) is 0 Å². The number of amides is 1. The number of ether oxygens (including phenoxy) is 2. The lowest BCUT2D eigenvalue weighted by molar-refractivity contribution is 0.0252. The van der Waals surface area contributed by atoms with E-state index in [-0.39, 0.29) is 6.09 Å². The van der Waals surface area contributed by atoms with E-state index in [1.54, 1.807) is 4.90 Å². The van der Waals surface area contributed by atoms with E-state index in [1.165, 1.54) is 0 Å². The second kappa shape index (κ2) is 8.78. The minimum Gasteiger partial charge on any atom is -0.494 e. The van der Waals surface area contributed by atoms with Crippen LogP contribution in [0, 0.1) is 0 Å². The third-order valence-corrected chi connectivity index (χ3v) is 3.16. The van der Waals surface area contributed by atoms with Crippen molar-refractivity contribution < 1.29 is 14.3 Å². The molecular formula is C16H27N2O3S+. The van der Waals surface area contributed by atoms with Gasteiger partial charge in [0.1, 0.15) is 11.4 Å². The highest BCUT2D eigenvalue weighted by atomic mass is 32.1. The largest absolute Gasteiger partial charge is 0.494 e. The smallest absolute Gasteiger partial charge is 0.410 e. The number of anilines is 1. The maximum atomic E-state index is 12.0. The van der Waals surface area contributed by atoms with Gasteiger partial charge in [-0.25, -0.2) is 9.52 Å². The molecule has 0 atom stereocenters. The maximum Gasteiger partial charge on any atom is 0.410 e. The minimum atomic E-state index is -0.466. The van der Waals surface area contributed by atoms with Crippen LogP contribution in [0.25, 0.3) is 0 Å². The molecule has 1 amide bonds. The summed E-state index contributed by atoms with van der Waals surface area (Å²) in [6.07, 6.45) is 0.480. The molecule has 1 aromatic rings. The molecule has 124 valence electrons. The first-order valence-electron chi connectivity index (χ1n) is 7.49. The van der Waals surface area contributed by atoms with Crippen LogP contribution in [0.3, 0.4) is 0 Å². The van der Waals surface area contributed by atoms with Gasteiger partial charge in [-0.05, 0) is 58.4 Å². The molecule has 0 bridgehead atoms. The average molecular weight is 327 g/mol. The first kappa shape index (κ1) is 18.5. The second-order valence-electron chi connectivity index (χ2n) is 5.91. The van der Waals surface area contributed by atoms with Gasteiger partial charge in [-0.15, -0.1) is 0 Å². The van der Waals surface area contributed by atoms with Crippen LogP contribution < -0.4 is 9.46 Å². The Balaban J connectivity index is 2.33. The summed E-state index contributed by atoms with van der Waals surface area (Å²) in [5.74, 6) is 0.811. The lowest BCUT2D eigenvalue weighted by Gasteiger charge is -2.26. The summed E-state index contributed by atoms with van der Waals surface area (Å²) in [6, 6.07) is 7.63. The van der Waals surface area contributed by atoms with E-state index in [9.17, 15) is 4.79 Å². The Labute approximate surface area is 138 Å². The van der Waals surface area contributed by atoms with Crippen LogP contribution in [0.5, 0.6) is 5.75 Å². The highest BCUT2D eigenvalue weighted by Crippen LogP contribution is 2.15. The van der Waals surface area contributed by atoms with Gasteiger partial charge in [0.2, 0.25) is 0 Å². The SMILES string of the molecule is CCN(CCCOc1ccc(N[SH2+])cc1)C(=O)OC(C)(C)C. The van der Waals surface area contributed by atoms with Gasteiger partial charge in [-0.2, -0.15) is 0 Å². The Morgan fingerprint density at radius 2 is 1.91 bits per heavy atom. The summed E-state index contributed by atoms with van der Waals surface area (Å²) in [5, 5.41) is 0. The summed E-state index contributed by atoms with van der Waals surface area (Å²) in [5.41, 5.74) is 0.498. The molecule has 0 aromatic heterocycles. The third kappa shape index (κ3) is 6.93. The Bertz CT molecular complexity index is 457. The van der Waals surface area contributed by atoms with Crippen molar-refractivity contribution in [2.45, 2.75) is 39.7 Å². The minimum absolute atomic E-state index is 0.275. The number of hydrogen-bond donors (Lipinski definition) is 1. The molecule has 1 N–H and O–H groups in total. The molecule has 0 radical (unpaired) electrons. The number of carbonyl (C=O) groups excluding carboxylic acids is 1. The molecule has 5 nitrogen and oxygen atoms in total. The molecule has 0 spiro atoms. The first-order valence-corrected chi connectivity index (χ1v) is 7.99. The van der Waals surface area contributed by atoms with E-state index in [0.717, 1.165) is 17.9 Å². The molecule has 1 aromatic carbocycles. The highest BCUT2D eigenvalue weighted by Gasteiger charge is 2.20. The second-order valence-corrected chi connectivity index (χ2v) is 6.16. The quantitative estimate of drug-likeness (QED) is 0.618. The Hall–Kier alpha value is -1.56. The van der Waals surface area contributed by atoms with Crippen molar-refractivity contribution in [3.63, 3.8) is 0 Å². The van der Waals surface area contributed by atoms with E-state index < -0.39 is 5.60 Å². The van der Waals surface area contributed by atoms with E-state index in [0.29, 0.717) is 19.7 Å². The fraction of sp³-hybridized carbons (Fsp3) is 0.562. The van der Waals surface area contributed by atoms with Gasteiger partial charge in [0, 0.05) is 13.1 Å². The van der Waals surface area contributed by atoms with E-state index >= 15 is 0 Å². The maximum absolute atomic E-state index is 12.0. The van der Waals surface area contributed by atoms with Gasteiger partial charge in [0.05, 0.1) is 25.1 Å². The summed E-state index contributed by atoms with van der Waals surface area (Å²) in [4.78, 5) is 13.7. The van der Waals surface area contributed by atoms with E-state index in [2.05, 4.69) is 17.5 Å². The zero-order valence-electron chi connectivity index (χ0n) is 13.8. The van der Waals surface area contributed by atoms with Crippen LogP contribution in [0.2, 0.25) is 0 Å². The van der Waals surface area contributed by atoms with Crippen LogP contribution in [-0.2, 0) is 17.6 Å². The van der Waals surface area contributed by atoms with E-state index in [1.807, 2.05) is 52.0 Å². The molecular weight excluding hydrogens is 300 g/mol. The normalized spacial score (nSPS) is 11.0. The summed E-state index contributed by atoms with van der Waals surface area (Å²) < 4.78 is 13.9. The van der Waals surface area contributed by atoms with Crippen molar-refractivity contribution in [1.82, 2.24) is 4.90 Å². The Kier molecular flexibility index (Phi) is 7.38. The average Bonchev–Trinajstić information content (AvgIpc) is 2.46. The van der Waals surface area contributed by atoms with Crippen molar-refractivity contribution >= 4 is 24.6 Å². The lowest BCUT2D eigenvalue weighted by Crippen LogP contribution is -2.37. The van der Waals surface area contributed by atoms with Crippen LogP contribution in [-0.4, -0.2) is 36.3 Å². The zero-order valence-corrected chi connectivity index (χ0v) is 14.8. The fourth-order valence-corrected chi connectivity index (χ4v) is 1.95. The van der Waals surface area contributed by atoms with Gasteiger partial charge in [0.15, 0.2) is 0 Å². The van der Waals surface area contributed by atoms with Crippen molar-refractivity contribution in [2.75, 3.05) is 24.4 Å². The van der Waals surface area contributed by atoms with Gasteiger partial charge in [-0.3, -0.25) is 0 Å². The van der Waals surface area contributed by atoms with Crippen molar-refractivity contribution in [3.8, 4) is 5.75 Å². The molecule has 0 fully saturated rings. The third-order valence-electron chi connectivity index (χ3n) is 2.87. The molecule has 0 aliphatic heterocycles. The van der Waals surface area contributed by atoms with Gasteiger partial charge >= 0.3 is 6.09 Å². The standard InChI is InChI=1S/C16H26N2O3S/c1-5-18(15(19)21-16(2,3)4)11-6-12-20-14-9-7-13(17-22)8-10-14/h7-10,17,22H,5-6,11-12H2,1-4H3/p+1. The van der Waals surface area contributed by atoms with Crippen LogP contribution in [0.15, 0.2) is 24.3 Å². The first-order chi connectivity index (χ1) is 10.4. The summed E-state index contributed by atoms with van der Waals surface area (Å²) >= 11 is 3.21. The summed E-state index contributed by atoms with van der Waals surface area (Å²) in [6.45, 7) is 9.34. The molecule has 0 aliphatic rings. The molecule has 22 heavy (non-hydrogen) atoms. The number of nitrogens with zero attached hydrogens (tertiary/aromatic N) is 1. The van der Waals surface area contributed by atoms with Crippen LogP contribution in [0.4, 0.5) is 10.5 Å². The topological polar surface area (TPSA) is 50.8 Å². The number of rotatable bonds is 7. The highest BCUT2D eigenvalue weighted by molar-refractivity contribution is 7.60. The molecule has 0 aliphatic carbocycles. The number of nitrogens with one attached hydrogen (secondary N) is 1. The van der Waals surface area contributed by atoms with Crippen LogP contribution >= 0.6 is 0 Å². The van der Waals surface area contributed by atoms with Crippen LogP contribution in [0.1, 0.15) is 34.1 Å². The Morgan fingerprint density at radius 3 is 2.41 bits per heavy atom. The monoisotopic (exact) mass is 327 g/mol. The molecule has 0 heterocycles. The molecule has 6 heteroatoms. The molecule has 0 unspecified atom stereocenters. The van der Waals surface area contributed by atoms with Crippen molar-refractivity contribution in [3.05, 3.63) is 24.3 Å². The summed E-state index contributed by atoms with van der Waals surface area (Å²) in [7, 11) is 0. The van der Waals surface area contributed by atoms with E-state index in [4.69, 9.17) is 9.47 Å². The molecule has 1 rings (SSSR count). The predicted molar refractivity (Wildman–Crippen MR) is 93.8 cm³/mol. The Morgan fingerprint density at radius 1 is 1.27 bits per heavy atom. The molecule has 0 saturated heterocycles. The van der Waals surface area contributed by atoms with Crippen molar-refractivity contribution in [2.24, 2.45) is 0 Å². The number of benzene rings is 1. The number of hydrogen-bond acceptors (Lipinski definition) is 4. The predicted octanol–water partition coefficient (Wildman–Crippen LogP) is 3.05. The number of carbonyl (C=O) groups is 1. The fourth-order valence-electron chi connectivity index (χ4n) is 1.78. The van der Waals surface area contributed by atoms with Gasteiger partial charge in [0.25, 0.3) is 0 Å². The van der Waals surface area contributed by atoms with Gasteiger partial charge < -0.3 is 14.4 Å². The van der Waals surface area contributed by atoms with Gasteiger partial charge in [-0.1, -0.05) is 0 Å². The lowest BCUT2D eigenvalue weighted by atomic mass is 10.2.